The predicted molar refractivity (Wildman–Crippen MR) is 95.1 cm³/mol. The fourth-order valence-electron chi connectivity index (χ4n) is 2.03. The van der Waals surface area contributed by atoms with Gasteiger partial charge in [0.15, 0.2) is 5.11 Å². The van der Waals surface area contributed by atoms with E-state index in [0.717, 1.165) is 31.5 Å². The van der Waals surface area contributed by atoms with Crippen molar-refractivity contribution in [2.75, 3.05) is 11.9 Å². The SMILES string of the molecule is S=C(NCCCCc1ccccc1)Nc1ccccc1Cl. The number of anilines is 1. The van der Waals surface area contributed by atoms with Crippen LogP contribution in [0.15, 0.2) is 54.6 Å². The second-order valence-electron chi connectivity index (χ2n) is 4.80. The molecule has 0 amide bonds. The lowest BCUT2D eigenvalue weighted by Crippen LogP contribution is -2.29. The maximum absolute atomic E-state index is 6.07. The summed E-state index contributed by atoms with van der Waals surface area (Å²) in [7, 11) is 0. The first-order valence-corrected chi connectivity index (χ1v) is 7.87. The molecule has 2 aromatic rings. The van der Waals surface area contributed by atoms with Crippen molar-refractivity contribution in [2.24, 2.45) is 0 Å². The summed E-state index contributed by atoms with van der Waals surface area (Å²) in [4.78, 5) is 0. The molecule has 0 fully saturated rings. The molecule has 21 heavy (non-hydrogen) atoms. The molecule has 0 aliphatic rings. The summed E-state index contributed by atoms with van der Waals surface area (Å²) in [6.07, 6.45) is 3.33. The van der Waals surface area contributed by atoms with Crippen molar-refractivity contribution < 1.29 is 0 Å². The molecule has 0 saturated heterocycles. The van der Waals surface area contributed by atoms with Crippen molar-refractivity contribution >= 4 is 34.6 Å². The highest BCUT2D eigenvalue weighted by Crippen LogP contribution is 2.20. The summed E-state index contributed by atoms with van der Waals surface area (Å²) in [6.45, 7) is 0.864. The molecule has 0 heterocycles. The van der Waals surface area contributed by atoms with E-state index in [9.17, 15) is 0 Å². The molecule has 2 N–H and O–H groups in total. The molecule has 0 aromatic heterocycles. The number of thiocarbonyl (C=S) groups is 1. The van der Waals surface area contributed by atoms with Gasteiger partial charge >= 0.3 is 0 Å². The third-order valence-corrected chi connectivity index (χ3v) is 3.72. The number of halogens is 1. The zero-order valence-electron chi connectivity index (χ0n) is 11.8. The number of hydrogen-bond donors (Lipinski definition) is 2. The maximum atomic E-state index is 6.07. The Labute approximate surface area is 136 Å². The molecule has 4 heteroatoms. The predicted octanol–water partition coefficient (Wildman–Crippen LogP) is 4.65. The quantitative estimate of drug-likeness (QED) is 0.599. The highest BCUT2D eigenvalue weighted by Gasteiger charge is 2.01. The Morgan fingerprint density at radius 2 is 1.67 bits per heavy atom. The summed E-state index contributed by atoms with van der Waals surface area (Å²) in [5.41, 5.74) is 2.22. The van der Waals surface area contributed by atoms with E-state index >= 15 is 0 Å². The minimum Gasteiger partial charge on any atom is -0.362 e. The molecular formula is C17H19ClN2S. The lowest BCUT2D eigenvalue weighted by Gasteiger charge is -2.11. The average molecular weight is 319 g/mol. The standard InChI is InChI=1S/C17H19ClN2S/c18-15-11-4-5-12-16(15)20-17(21)19-13-7-6-10-14-8-2-1-3-9-14/h1-5,8-9,11-12H,6-7,10,13H2,(H2,19,20,21). The van der Waals surface area contributed by atoms with Crippen LogP contribution in [0.25, 0.3) is 0 Å². The van der Waals surface area contributed by atoms with Gasteiger partial charge in [0, 0.05) is 6.54 Å². The van der Waals surface area contributed by atoms with Gasteiger partial charge in [-0.25, -0.2) is 0 Å². The monoisotopic (exact) mass is 318 g/mol. The molecule has 0 bridgehead atoms. The van der Waals surface area contributed by atoms with Gasteiger partial charge in [-0.1, -0.05) is 54.1 Å². The number of nitrogens with one attached hydrogen (secondary N) is 2. The van der Waals surface area contributed by atoms with Crippen LogP contribution in [0.5, 0.6) is 0 Å². The minimum atomic E-state index is 0.614. The molecule has 0 atom stereocenters. The highest BCUT2D eigenvalue weighted by atomic mass is 35.5. The lowest BCUT2D eigenvalue weighted by atomic mass is 10.1. The maximum Gasteiger partial charge on any atom is 0.170 e. The summed E-state index contributed by atoms with van der Waals surface area (Å²) < 4.78 is 0. The number of aryl methyl sites for hydroxylation is 1. The number of para-hydroxylation sites is 1. The number of benzene rings is 2. The van der Waals surface area contributed by atoms with Crippen LogP contribution in [0.3, 0.4) is 0 Å². The lowest BCUT2D eigenvalue weighted by molar-refractivity contribution is 0.711. The second-order valence-corrected chi connectivity index (χ2v) is 5.62. The van der Waals surface area contributed by atoms with Crippen LogP contribution in [-0.2, 0) is 6.42 Å². The number of rotatable bonds is 6. The molecular weight excluding hydrogens is 300 g/mol. The Balaban J connectivity index is 1.63. The molecule has 0 radical (unpaired) electrons. The Morgan fingerprint density at radius 1 is 0.952 bits per heavy atom. The van der Waals surface area contributed by atoms with Crippen molar-refractivity contribution in [2.45, 2.75) is 19.3 Å². The first-order chi connectivity index (χ1) is 10.3. The van der Waals surface area contributed by atoms with Gasteiger partial charge in [0.2, 0.25) is 0 Å². The van der Waals surface area contributed by atoms with Crippen LogP contribution in [0.1, 0.15) is 18.4 Å². The van der Waals surface area contributed by atoms with E-state index in [1.54, 1.807) is 0 Å². The van der Waals surface area contributed by atoms with E-state index in [4.69, 9.17) is 23.8 Å². The second kappa shape index (κ2) is 8.65. The summed E-state index contributed by atoms with van der Waals surface area (Å²) in [5, 5.41) is 7.60. The Hall–Kier alpha value is -1.58. The Morgan fingerprint density at radius 3 is 2.43 bits per heavy atom. The van der Waals surface area contributed by atoms with Crippen LogP contribution in [0.2, 0.25) is 5.02 Å². The first-order valence-electron chi connectivity index (χ1n) is 7.09. The van der Waals surface area contributed by atoms with Crippen molar-refractivity contribution in [3.05, 3.63) is 65.2 Å². The van der Waals surface area contributed by atoms with Gasteiger partial charge in [-0.2, -0.15) is 0 Å². The van der Waals surface area contributed by atoms with Crippen molar-refractivity contribution in [1.29, 1.82) is 0 Å². The van der Waals surface area contributed by atoms with E-state index < -0.39 is 0 Å². The minimum absolute atomic E-state index is 0.614. The molecule has 110 valence electrons. The van der Waals surface area contributed by atoms with Crippen LogP contribution < -0.4 is 10.6 Å². The number of hydrogen-bond acceptors (Lipinski definition) is 1. The molecule has 2 aromatic carbocycles. The average Bonchev–Trinajstić information content (AvgIpc) is 2.50. The highest BCUT2D eigenvalue weighted by molar-refractivity contribution is 7.80. The molecule has 0 aliphatic carbocycles. The Kier molecular flexibility index (Phi) is 6.51. The molecule has 0 saturated carbocycles. The summed E-state index contributed by atoms with van der Waals surface area (Å²) in [5.74, 6) is 0. The largest absolute Gasteiger partial charge is 0.362 e. The van der Waals surface area contributed by atoms with Gasteiger partial charge < -0.3 is 10.6 Å². The summed E-state index contributed by atoms with van der Waals surface area (Å²) in [6, 6.07) is 18.1. The van der Waals surface area contributed by atoms with Gasteiger partial charge in [0.1, 0.15) is 0 Å². The van der Waals surface area contributed by atoms with Gasteiger partial charge in [0.25, 0.3) is 0 Å². The summed E-state index contributed by atoms with van der Waals surface area (Å²) >= 11 is 11.3. The van der Waals surface area contributed by atoms with Gasteiger partial charge in [-0.15, -0.1) is 0 Å². The zero-order chi connectivity index (χ0) is 14.9. The van der Waals surface area contributed by atoms with E-state index in [0.29, 0.717) is 10.1 Å². The van der Waals surface area contributed by atoms with E-state index in [1.807, 2.05) is 30.3 Å². The first kappa shape index (κ1) is 15.8. The van der Waals surface area contributed by atoms with Crippen molar-refractivity contribution in [3.63, 3.8) is 0 Å². The van der Waals surface area contributed by atoms with Crippen molar-refractivity contribution in [1.82, 2.24) is 5.32 Å². The fraction of sp³-hybridized carbons (Fsp3) is 0.235. The van der Waals surface area contributed by atoms with Crippen LogP contribution in [0.4, 0.5) is 5.69 Å². The molecule has 0 aliphatic heterocycles. The van der Waals surface area contributed by atoms with Gasteiger partial charge in [-0.3, -0.25) is 0 Å². The van der Waals surface area contributed by atoms with Crippen molar-refractivity contribution in [3.8, 4) is 0 Å². The van der Waals surface area contributed by atoms with E-state index in [-0.39, 0.29) is 0 Å². The Bertz CT molecular complexity index is 572. The third kappa shape index (κ3) is 5.74. The number of unbranched alkanes of at least 4 members (excludes halogenated alkanes) is 1. The van der Waals surface area contributed by atoms with Gasteiger partial charge in [0.05, 0.1) is 10.7 Å². The topological polar surface area (TPSA) is 24.1 Å². The molecule has 0 unspecified atom stereocenters. The van der Waals surface area contributed by atoms with Crippen LogP contribution in [0, 0.1) is 0 Å². The fourth-order valence-corrected chi connectivity index (χ4v) is 2.42. The normalized spacial score (nSPS) is 10.1. The van der Waals surface area contributed by atoms with Gasteiger partial charge in [-0.05, 0) is 49.2 Å². The molecule has 2 nitrogen and oxygen atoms in total. The zero-order valence-corrected chi connectivity index (χ0v) is 13.4. The van der Waals surface area contributed by atoms with Crippen LogP contribution >= 0.6 is 23.8 Å². The van der Waals surface area contributed by atoms with Crippen LogP contribution in [-0.4, -0.2) is 11.7 Å². The molecule has 2 rings (SSSR count). The third-order valence-electron chi connectivity index (χ3n) is 3.14. The molecule has 0 spiro atoms. The van der Waals surface area contributed by atoms with E-state index in [1.165, 1.54) is 5.56 Å². The van der Waals surface area contributed by atoms with E-state index in [2.05, 4.69) is 34.9 Å². The smallest absolute Gasteiger partial charge is 0.170 e.